The van der Waals surface area contributed by atoms with E-state index in [1.165, 1.54) is 0 Å². The Hall–Kier alpha value is -2.10. The summed E-state index contributed by atoms with van der Waals surface area (Å²) in [5.74, 6) is 1.41. The Labute approximate surface area is 86.5 Å². The van der Waals surface area contributed by atoms with Gasteiger partial charge in [-0.3, -0.25) is 0 Å². The highest BCUT2D eigenvalue weighted by Gasteiger charge is 2.29. The average molecular weight is 199 g/mol. The van der Waals surface area contributed by atoms with E-state index in [2.05, 4.69) is 10.2 Å². The molecule has 0 saturated heterocycles. The van der Waals surface area contributed by atoms with Crippen LogP contribution in [-0.4, -0.2) is 10.2 Å². The fourth-order valence-electron chi connectivity index (χ4n) is 1.35. The molecule has 73 valence electrons. The average Bonchev–Trinajstić information content (AvgIpc) is 2.74. The van der Waals surface area contributed by atoms with Gasteiger partial charge in [-0.05, 0) is 24.3 Å². The second kappa shape index (κ2) is 3.24. The van der Waals surface area contributed by atoms with Gasteiger partial charge in [0.1, 0.15) is 0 Å². The zero-order valence-corrected chi connectivity index (χ0v) is 7.75. The van der Waals surface area contributed by atoms with Crippen LogP contribution in [-0.2, 0) is 0 Å². The largest absolute Gasteiger partial charge is 0.437 e. The van der Waals surface area contributed by atoms with E-state index in [0.29, 0.717) is 23.5 Å². The molecule has 0 N–H and O–H groups in total. The maximum atomic E-state index is 5.48. The number of para-hydroxylation sites is 2. The molecule has 1 aliphatic heterocycles. The van der Waals surface area contributed by atoms with Crippen LogP contribution in [0.5, 0.6) is 11.5 Å². The Morgan fingerprint density at radius 2 is 1.60 bits per heavy atom. The molecule has 0 saturated carbocycles. The number of ether oxygens (including phenoxy) is 2. The number of nitrogens with zero attached hydrogens (tertiary/aromatic N) is 2. The van der Waals surface area contributed by atoms with Gasteiger partial charge in [-0.15, -0.1) is 5.10 Å². The van der Waals surface area contributed by atoms with Crippen LogP contribution in [0.25, 0.3) is 0 Å². The number of hydrogen-bond donors (Lipinski definition) is 0. The summed E-state index contributed by atoms with van der Waals surface area (Å²) in [5.41, 5.74) is 0.591. The SMILES string of the molecule is c1cnnc([C]2Oc3ccccc3O2)c1. The van der Waals surface area contributed by atoms with Crippen LogP contribution in [0, 0.1) is 6.29 Å². The molecule has 4 nitrogen and oxygen atoms in total. The Morgan fingerprint density at radius 3 is 2.20 bits per heavy atom. The minimum Gasteiger partial charge on any atom is -0.437 e. The third-order valence-corrected chi connectivity index (χ3v) is 2.04. The summed E-state index contributed by atoms with van der Waals surface area (Å²) in [7, 11) is 0. The van der Waals surface area contributed by atoms with Crippen molar-refractivity contribution in [1.82, 2.24) is 10.2 Å². The monoisotopic (exact) mass is 199 g/mol. The van der Waals surface area contributed by atoms with Gasteiger partial charge >= 0.3 is 6.29 Å². The number of hydrogen-bond acceptors (Lipinski definition) is 4. The Balaban J connectivity index is 1.91. The van der Waals surface area contributed by atoms with Gasteiger partial charge in [-0.25, -0.2) is 0 Å². The normalized spacial score (nSPS) is 14.1. The molecular weight excluding hydrogens is 192 g/mol. The summed E-state index contributed by atoms with van der Waals surface area (Å²) < 4.78 is 11.0. The summed E-state index contributed by atoms with van der Waals surface area (Å²) in [6.07, 6.45) is 1.98. The van der Waals surface area contributed by atoms with E-state index in [9.17, 15) is 0 Å². The highest BCUT2D eigenvalue weighted by Crippen LogP contribution is 2.38. The van der Waals surface area contributed by atoms with Crippen LogP contribution in [0.1, 0.15) is 5.69 Å². The number of rotatable bonds is 1. The van der Waals surface area contributed by atoms with Gasteiger partial charge in [0.25, 0.3) is 0 Å². The van der Waals surface area contributed by atoms with Gasteiger partial charge in [-0.2, -0.15) is 5.10 Å². The fraction of sp³-hybridized carbons (Fsp3) is 0. The van der Waals surface area contributed by atoms with Gasteiger partial charge in [0.05, 0.1) is 0 Å². The minimum atomic E-state index is 0.379. The lowest BCUT2D eigenvalue weighted by molar-refractivity contribution is 0.199. The quantitative estimate of drug-likeness (QED) is 0.702. The smallest absolute Gasteiger partial charge is 0.384 e. The van der Waals surface area contributed by atoms with Crippen LogP contribution in [0.4, 0.5) is 0 Å². The van der Waals surface area contributed by atoms with E-state index in [4.69, 9.17) is 9.47 Å². The van der Waals surface area contributed by atoms with Crippen LogP contribution >= 0.6 is 0 Å². The van der Waals surface area contributed by atoms with E-state index >= 15 is 0 Å². The topological polar surface area (TPSA) is 44.2 Å². The maximum Gasteiger partial charge on any atom is 0.384 e. The summed E-state index contributed by atoms with van der Waals surface area (Å²) in [4.78, 5) is 0. The van der Waals surface area contributed by atoms with Crippen molar-refractivity contribution < 1.29 is 9.47 Å². The first-order chi connectivity index (χ1) is 7.43. The van der Waals surface area contributed by atoms with Gasteiger partial charge in [0, 0.05) is 6.20 Å². The van der Waals surface area contributed by atoms with E-state index < -0.39 is 0 Å². The molecule has 15 heavy (non-hydrogen) atoms. The zero-order valence-electron chi connectivity index (χ0n) is 7.75. The third-order valence-electron chi connectivity index (χ3n) is 2.04. The van der Waals surface area contributed by atoms with Crippen LogP contribution in [0.15, 0.2) is 42.6 Å². The summed E-state index contributed by atoms with van der Waals surface area (Å²) in [5, 5.41) is 7.67. The summed E-state index contributed by atoms with van der Waals surface area (Å²) in [6, 6.07) is 11.0. The molecule has 1 radical (unpaired) electrons. The first kappa shape index (κ1) is 8.23. The van der Waals surface area contributed by atoms with Crippen molar-refractivity contribution in [2.45, 2.75) is 0 Å². The molecule has 1 aromatic heterocycles. The predicted molar refractivity (Wildman–Crippen MR) is 52.1 cm³/mol. The fourth-order valence-corrected chi connectivity index (χ4v) is 1.35. The lowest BCUT2D eigenvalue weighted by Gasteiger charge is -2.04. The summed E-state index contributed by atoms with van der Waals surface area (Å²) in [6.45, 7) is 0. The second-order valence-electron chi connectivity index (χ2n) is 3.05. The van der Waals surface area contributed by atoms with E-state index in [1.54, 1.807) is 18.3 Å². The van der Waals surface area contributed by atoms with Gasteiger partial charge in [0.15, 0.2) is 17.2 Å². The van der Waals surface area contributed by atoms with E-state index in [1.807, 2.05) is 24.3 Å². The Morgan fingerprint density at radius 1 is 0.867 bits per heavy atom. The number of fused-ring (bicyclic) bond motifs is 1. The van der Waals surface area contributed by atoms with Crippen molar-refractivity contribution in [3.05, 3.63) is 54.6 Å². The molecule has 1 aromatic carbocycles. The summed E-state index contributed by atoms with van der Waals surface area (Å²) >= 11 is 0. The number of aromatic nitrogens is 2. The standard InChI is InChI=1S/C11H7N2O2/c1-2-6-10-9(5-1)14-11(15-10)8-4-3-7-12-13-8/h1-7H. The molecule has 4 heteroatoms. The molecule has 0 atom stereocenters. The Bertz CT molecular complexity index is 448. The maximum absolute atomic E-state index is 5.48. The van der Waals surface area contributed by atoms with Crippen LogP contribution in [0.2, 0.25) is 0 Å². The highest BCUT2D eigenvalue weighted by molar-refractivity contribution is 5.45. The van der Waals surface area contributed by atoms with E-state index in [-0.39, 0.29) is 0 Å². The molecule has 1 aliphatic rings. The predicted octanol–water partition coefficient (Wildman–Crippen LogP) is 1.79. The molecule has 0 bridgehead atoms. The molecule has 0 aliphatic carbocycles. The van der Waals surface area contributed by atoms with Crippen molar-refractivity contribution in [3.63, 3.8) is 0 Å². The molecule has 3 rings (SSSR count). The molecule has 2 aromatic rings. The van der Waals surface area contributed by atoms with Crippen molar-refractivity contribution in [1.29, 1.82) is 0 Å². The van der Waals surface area contributed by atoms with E-state index in [0.717, 1.165) is 0 Å². The lowest BCUT2D eigenvalue weighted by atomic mass is 10.3. The van der Waals surface area contributed by atoms with Crippen molar-refractivity contribution in [2.24, 2.45) is 0 Å². The number of benzene rings is 1. The van der Waals surface area contributed by atoms with Gasteiger partial charge in [-0.1, -0.05) is 12.1 Å². The highest BCUT2D eigenvalue weighted by atomic mass is 16.7. The van der Waals surface area contributed by atoms with Crippen LogP contribution < -0.4 is 9.47 Å². The van der Waals surface area contributed by atoms with Crippen molar-refractivity contribution >= 4 is 0 Å². The first-order valence-corrected chi connectivity index (χ1v) is 4.53. The van der Waals surface area contributed by atoms with Crippen molar-refractivity contribution in [3.8, 4) is 11.5 Å². The van der Waals surface area contributed by atoms with Gasteiger partial charge in [0.2, 0.25) is 0 Å². The molecule has 0 amide bonds. The third kappa shape index (κ3) is 1.40. The lowest BCUT2D eigenvalue weighted by Crippen LogP contribution is -2.11. The second-order valence-corrected chi connectivity index (χ2v) is 3.05. The van der Waals surface area contributed by atoms with Crippen LogP contribution in [0.3, 0.4) is 0 Å². The molecule has 0 fully saturated rings. The minimum absolute atomic E-state index is 0.379. The van der Waals surface area contributed by atoms with Crippen molar-refractivity contribution in [2.75, 3.05) is 0 Å². The van der Waals surface area contributed by atoms with Gasteiger partial charge < -0.3 is 9.47 Å². The molecule has 0 spiro atoms. The zero-order chi connectivity index (χ0) is 10.1. The first-order valence-electron chi connectivity index (χ1n) is 4.53. The molecule has 2 heterocycles. The molecular formula is C11H7N2O2. The Kier molecular flexibility index (Phi) is 1.78. The molecule has 0 unspecified atom stereocenters.